The number of carbonyl (C=O) groups excluding carboxylic acids is 2. The van der Waals surface area contributed by atoms with E-state index in [0.717, 1.165) is 11.3 Å². The molecule has 0 radical (unpaired) electrons. The second-order valence-electron chi connectivity index (χ2n) is 6.08. The number of hydrogen-bond acceptors (Lipinski definition) is 5. The summed E-state index contributed by atoms with van der Waals surface area (Å²) in [5.74, 6) is 0.539. The van der Waals surface area contributed by atoms with Crippen LogP contribution in [0.25, 0.3) is 0 Å². The van der Waals surface area contributed by atoms with E-state index in [0.29, 0.717) is 12.3 Å². The molecule has 1 heterocycles. The number of alkyl carbamates (subject to hydrolysis) is 1. The molecule has 0 aliphatic carbocycles. The third kappa shape index (κ3) is 5.21. The smallest absolute Gasteiger partial charge is 0.407 e. The molecule has 1 aliphatic heterocycles. The lowest BCUT2D eigenvalue weighted by Gasteiger charge is -2.32. The Balaban J connectivity index is 1.50. The highest BCUT2D eigenvalue weighted by Gasteiger charge is 2.28. The summed E-state index contributed by atoms with van der Waals surface area (Å²) in [5.41, 5.74) is 1.65. The molecule has 1 aliphatic rings. The molecule has 1 saturated heterocycles. The highest BCUT2D eigenvalue weighted by atomic mass is 16.5. The first-order valence-corrected chi connectivity index (χ1v) is 8.66. The summed E-state index contributed by atoms with van der Waals surface area (Å²) >= 11 is 0. The molecule has 2 amide bonds. The van der Waals surface area contributed by atoms with E-state index in [1.54, 1.807) is 18.1 Å². The Morgan fingerprint density at radius 1 is 1.22 bits per heavy atom. The third-order valence-corrected chi connectivity index (χ3v) is 4.18. The van der Waals surface area contributed by atoms with Gasteiger partial charge in [0.15, 0.2) is 0 Å². The highest BCUT2D eigenvalue weighted by Crippen LogP contribution is 2.23. The van der Waals surface area contributed by atoms with Crippen LogP contribution in [0.2, 0.25) is 0 Å². The van der Waals surface area contributed by atoms with Gasteiger partial charge in [0.1, 0.15) is 19.0 Å². The number of morpholine rings is 1. The second-order valence-corrected chi connectivity index (χ2v) is 6.08. The number of amides is 2. The van der Waals surface area contributed by atoms with Crippen molar-refractivity contribution in [3.63, 3.8) is 0 Å². The third-order valence-electron chi connectivity index (χ3n) is 4.18. The average Bonchev–Trinajstić information content (AvgIpc) is 2.72. The van der Waals surface area contributed by atoms with Crippen LogP contribution in [-0.2, 0) is 20.9 Å². The predicted octanol–water partition coefficient (Wildman–Crippen LogP) is 2.35. The molecular formula is C20H22N2O5. The number of nitrogens with zero attached hydrogens (tertiary/aromatic N) is 1. The molecule has 0 bridgehead atoms. The Labute approximate surface area is 157 Å². The fraction of sp³-hybridized carbons (Fsp3) is 0.300. The van der Waals surface area contributed by atoms with Gasteiger partial charge >= 0.3 is 6.09 Å². The summed E-state index contributed by atoms with van der Waals surface area (Å²) in [6.45, 7) is 0.752. The lowest BCUT2D eigenvalue weighted by Crippen LogP contribution is -2.50. The minimum absolute atomic E-state index is 0.0391. The monoisotopic (exact) mass is 370 g/mol. The van der Waals surface area contributed by atoms with E-state index in [1.807, 2.05) is 48.5 Å². The lowest BCUT2D eigenvalue weighted by atomic mass is 10.2. The van der Waals surface area contributed by atoms with E-state index in [9.17, 15) is 9.59 Å². The Kier molecular flexibility index (Phi) is 6.27. The molecule has 1 atom stereocenters. The van der Waals surface area contributed by atoms with Crippen LogP contribution in [0.4, 0.5) is 10.5 Å². The van der Waals surface area contributed by atoms with Crippen molar-refractivity contribution in [2.75, 3.05) is 31.7 Å². The maximum Gasteiger partial charge on any atom is 0.407 e. The van der Waals surface area contributed by atoms with E-state index in [2.05, 4.69) is 5.32 Å². The summed E-state index contributed by atoms with van der Waals surface area (Å²) < 4.78 is 15.9. The number of carbonyl (C=O) groups is 2. The zero-order chi connectivity index (χ0) is 19.1. The van der Waals surface area contributed by atoms with Crippen molar-refractivity contribution in [1.82, 2.24) is 5.32 Å². The van der Waals surface area contributed by atoms with Gasteiger partial charge in [-0.25, -0.2) is 4.79 Å². The number of ether oxygens (including phenoxy) is 3. The van der Waals surface area contributed by atoms with Crippen molar-refractivity contribution in [3.8, 4) is 5.75 Å². The van der Waals surface area contributed by atoms with E-state index >= 15 is 0 Å². The second kappa shape index (κ2) is 9.05. The first-order valence-electron chi connectivity index (χ1n) is 8.66. The number of rotatable bonds is 6. The van der Waals surface area contributed by atoms with Crippen LogP contribution in [0, 0.1) is 0 Å². The van der Waals surface area contributed by atoms with Gasteiger partial charge in [-0.1, -0.05) is 36.4 Å². The van der Waals surface area contributed by atoms with Gasteiger partial charge in [-0.3, -0.25) is 4.79 Å². The van der Waals surface area contributed by atoms with Gasteiger partial charge < -0.3 is 24.4 Å². The van der Waals surface area contributed by atoms with Crippen LogP contribution in [0.1, 0.15) is 5.56 Å². The molecule has 1 fully saturated rings. The molecule has 2 aromatic carbocycles. The fourth-order valence-electron chi connectivity index (χ4n) is 2.75. The van der Waals surface area contributed by atoms with Crippen LogP contribution in [0.5, 0.6) is 5.75 Å². The number of methoxy groups -OCH3 is 1. The molecule has 27 heavy (non-hydrogen) atoms. The zero-order valence-corrected chi connectivity index (χ0v) is 15.1. The Bertz CT molecular complexity index is 781. The predicted molar refractivity (Wildman–Crippen MR) is 99.7 cm³/mol. The maximum absolute atomic E-state index is 12.2. The van der Waals surface area contributed by atoms with Crippen molar-refractivity contribution in [2.24, 2.45) is 0 Å². The van der Waals surface area contributed by atoms with E-state index in [-0.39, 0.29) is 31.8 Å². The first-order chi connectivity index (χ1) is 13.2. The summed E-state index contributed by atoms with van der Waals surface area (Å²) in [4.78, 5) is 25.7. The van der Waals surface area contributed by atoms with Crippen LogP contribution in [0.3, 0.4) is 0 Å². The van der Waals surface area contributed by atoms with E-state index in [1.165, 1.54) is 0 Å². The van der Waals surface area contributed by atoms with Crippen molar-refractivity contribution >= 4 is 17.7 Å². The number of anilines is 1. The highest BCUT2D eigenvalue weighted by molar-refractivity contribution is 5.95. The normalized spacial score (nSPS) is 16.7. The molecule has 2 aromatic rings. The Morgan fingerprint density at radius 2 is 2.04 bits per heavy atom. The number of hydrogen-bond donors (Lipinski definition) is 1. The van der Waals surface area contributed by atoms with Crippen molar-refractivity contribution < 1.29 is 23.8 Å². The SMILES string of the molecule is COc1cccc(N2CC(CNC(=O)OCc3ccccc3)OCC2=O)c1. The van der Waals surface area contributed by atoms with Crippen LogP contribution < -0.4 is 15.0 Å². The molecule has 0 aromatic heterocycles. The van der Waals surface area contributed by atoms with Crippen LogP contribution in [0.15, 0.2) is 54.6 Å². The molecular weight excluding hydrogens is 348 g/mol. The van der Waals surface area contributed by atoms with Gasteiger partial charge in [0.2, 0.25) is 0 Å². The largest absolute Gasteiger partial charge is 0.497 e. The first kappa shape index (κ1) is 18.7. The maximum atomic E-state index is 12.2. The van der Waals surface area contributed by atoms with Gasteiger partial charge in [-0.15, -0.1) is 0 Å². The molecule has 0 spiro atoms. The molecule has 142 valence electrons. The van der Waals surface area contributed by atoms with E-state index < -0.39 is 6.09 Å². The summed E-state index contributed by atoms with van der Waals surface area (Å²) in [7, 11) is 1.58. The minimum atomic E-state index is -0.521. The molecule has 0 saturated carbocycles. The summed E-state index contributed by atoms with van der Waals surface area (Å²) in [6, 6.07) is 16.7. The topological polar surface area (TPSA) is 77.1 Å². The van der Waals surface area contributed by atoms with Crippen molar-refractivity contribution in [2.45, 2.75) is 12.7 Å². The minimum Gasteiger partial charge on any atom is -0.497 e. The summed E-state index contributed by atoms with van der Waals surface area (Å²) in [5, 5.41) is 2.68. The van der Waals surface area contributed by atoms with Gasteiger partial charge in [0.25, 0.3) is 5.91 Å². The average molecular weight is 370 g/mol. The lowest BCUT2D eigenvalue weighted by molar-refractivity contribution is -0.129. The molecule has 7 nitrogen and oxygen atoms in total. The van der Waals surface area contributed by atoms with Crippen molar-refractivity contribution in [1.29, 1.82) is 0 Å². The summed E-state index contributed by atoms with van der Waals surface area (Å²) in [6.07, 6.45) is -0.842. The van der Waals surface area contributed by atoms with Crippen LogP contribution in [-0.4, -0.2) is 44.9 Å². The molecule has 1 unspecified atom stereocenters. The molecule has 7 heteroatoms. The quantitative estimate of drug-likeness (QED) is 0.845. The molecule has 1 N–H and O–H groups in total. The Morgan fingerprint density at radius 3 is 2.81 bits per heavy atom. The standard InChI is InChI=1S/C20H22N2O5/c1-25-17-9-5-8-16(10-17)22-12-18(26-14-19(22)23)11-21-20(24)27-13-15-6-3-2-4-7-15/h2-10,18H,11-14H2,1H3,(H,21,24). The van der Waals surface area contributed by atoms with E-state index in [4.69, 9.17) is 14.2 Å². The Hall–Kier alpha value is -3.06. The van der Waals surface area contributed by atoms with Crippen molar-refractivity contribution in [3.05, 3.63) is 60.2 Å². The van der Waals surface area contributed by atoms with Gasteiger partial charge in [0, 0.05) is 18.3 Å². The number of nitrogens with one attached hydrogen (secondary N) is 1. The van der Waals surface area contributed by atoms with Gasteiger partial charge in [-0.05, 0) is 17.7 Å². The fourth-order valence-corrected chi connectivity index (χ4v) is 2.75. The van der Waals surface area contributed by atoms with Crippen LogP contribution >= 0.6 is 0 Å². The molecule has 3 rings (SSSR count). The zero-order valence-electron chi connectivity index (χ0n) is 15.1. The van der Waals surface area contributed by atoms with Gasteiger partial charge in [-0.2, -0.15) is 0 Å². The van der Waals surface area contributed by atoms with Gasteiger partial charge in [0.05, 0.1) is 19.8 Å². The number of benzene rings is 2.